The Balaban J connectivity index is 0.000000783. The lowest BCUT2D eigenvalue weighted by Crippen LogP contribution is -2.32. The SMILES string of the molecule is CC(C)(C)C1C=CCC(C(C)(C)C)C1.CC(C)(C)C1C=CCC(C(C)(C)C)C1.CC(C)(C)C1CCC(C(C)(C)C)C1.CC(C)(C)C1CCC(C(C)(C)C)CC1.CC(C)(C)C1CCCC(C(C)(C)C)C1.CC(C)(C)Cc1ccc(C(C)(C)C)cc1.CC(C)(C)Cc1ccc(C(C)(C)C)cc1.CC(C)(C)c1ccc(C(C)(C)C)cc1.CC(C)(C)c1cccc(C(C)(C)C)c1.CC(C)(C)c1ccccc1C(C)(C)C. The fourth-order valence-corrected chi connectivity index (χ4v) is 20.8. The van der Waals surface area contributed by atoms with E-state index in [4.69, 9.17) is 0 Å². The van der Waals surface area contributed by atoms with E-state index in [-0.39, 0.29) is 43.3 Å². The highest BCUT2D eigenvalue weighted by molar-refractivity contribution is 5.38. The molecule has 0 saturated heterocycles. The summed E-state index contributed by atoms with van der Waals surface area (Å²) in [6.07, 6.45) is 33.2. The van der Waals surface area contributed by atoms with Gasteiger partial charge in [-0.05, 0) is 326 Å². The first-order valence-electron chi connectivity index (χ1n) is 57.4. The predicted octanol–water partition coefficient (Wildman–Crippen LogP) is 45.6. The fourth-order valence-electron chi connectivity index (χ4n) is 20.8. The summed E-state index contributed by atoms with van der Waals surface area (Å²) in [7, 11) is 0. The molecule has 0 spiro atoms. The standard InChI is InChI=1S/2C15H24.C14H28.C14H22.C14H28.2C14H26.2C14H22.C13H26/c2*1-14(2,3)11-12-7-9-13(10-8-12)15(4,5)6;2*1-13(2,3)11-7-9-12(10-8-11)14(4,5)6;4*1-13(2,3)11-8-7-9-12(10-11)14(4,5)6;1-13(2,3)11-9-7-8-10-12(11)14(4,5)6;1-12(2,3)10-7-8-11(9-10)13(4,5)6/h2*7-10H,11H2,1-6H3;11-12H,7-10H2,1-6H3;7-10H,1-6H3;11-12H,7-10H2,1-6H3;2*7-8,11-12H,9-10H2,1-6H3;2*7-10H,1-6H3;10-11H,7-9H2,1-6H3. The Kier molecular flexibility index (Phi) is 50.0. The van der Waals surface area contributed by atoms with Crippen LogP contribution < -0.4 is 0 Å². The highest BCUT2D eigenvalue weighted by Gasteiger charge is 2.41. The molecule has 141 heavy (non-hydrogen) atoms. The number of hydrogen-bond acceptors (Lipinski definition) is 0. The molecule has 0 heterocycles. The Hall–Kier alpha value is -4.42. The Morgan fingerprint density at radius 3 is 0.574 bits per heavy atom. The van der Waals surface area contributed by atoms with Gasteiger partial charge in [0.05, 0.1) is 0 Å². The third-order valence-corrected chi connectivity index (χ3v) is 32.4. The maximum absolute atomic E-state index is 2.43. The number of benzene rings is 5. The summed E-state index contributed by atoms with van der Waals surface area (Å²) in [4.78, 5) is 0. The van der Waals surface area contributed by atoms with E-state index in [1.54, 1.807) is 0 Å². The van der Waals surface area contributed by atoms with Gasteiger partial charge in [0.15, 0.2) is 0 Å². The maximum Gasteiger partial charge on any atom is -0.0129 e. The highest BCUT2D eigenvalue weighted by Crippen LogP contribution is 2.52. The van der Waals surface area contributed by atoms with Crippen LogP contribution in [-0.2, 0) is 56.2 Å². The van der Waals surface area contributed by atoms with E-state index in [1.165, 1.54) is 152 Å². The van der Waals surface area contributed by atoms with E-state index in [9.17, 15) is 0 Å². The molecular weight excluding hydrogens is 1690 g/mol. The molecule has 0 nitrogen and oxygen atoms in total. The topological polar surface area (TPSA) is 0 Å². The molecule has 10 rings (SSSR count). The van der Waals surface area contributed by atoms with E-state index in [0.717, 1.165) is 72.0 Å². The Morgan fingerprint density at radius 1 is 0.184 bits per heavy atom. The zero-order valence-corrected chi connectivity index (χ0v) is 107. The van der Waals surface area contributed by atoms with Crippen LogP contribution >= 0.6 is 0 Å². The second kappa shape index (κ2) is 52.4. The minimum absolute atomic E-state index is 0.240. The smallest absolute Gasteiger partial charge is 0.0129 e. The Morgan fingerprint density at radius 2 is 0.390 bits per heavy atom. The van der Waals surface area contributed by atoms with Crippen LogP contribution in [-0.4, -0.2) is 0 Å². The van der Waals surface area contributed by atoms with Crippen LogP contribution in [0.3, 0.4) is 0 Å². The molecule has 3 saturated carbocycles. The minimum atomic E-state index is 0.240. The molecule has 5 aliphatic carbocycles. The van der Waals surface area contributed by atoms with Gasteiger partial charge in [-0.25, -0.2) is 0 Å². The molecule has 3 fully saturated rings. The van der Waals surface area contributed by atoms with Crippen molar-refractivity contribution in [3.8, 4) is 0 Å². The normalized spacial score (nSPS) is 21.3. The van der Waals surface area contributed by atoms with Gasteiger partial charge in [-0.15, -0.1) is 0 Å². The molecule has 8 atom stereocenters. The van der Waals surface area contributed by atoms with Crippen LogP contribution in [0.5, 0.6) is 0 Å². The summed E-state index contributed by atoms with van der Waals surface area (Å²) in [6.45, 7) is 139. The van der Waals surface area contributed by atoms with Crippen LogP contribution in [0.15, 0.2) is 146 Å². The zero-order valence-electron chi connectivity index (χ0n) is 107. The third-order valence-electron chi connectivity index (χ3n) is 32.4. The largest absolute Gasteiger partial charge is 0.0879 e. The van der Waals surface area contributed by atoms with Crippen molar-refractivity contribution in [3.05, 3.63) is 201 Å². The third kappa shape index (κ3) is 53.0. The van der Waals surface area contributed by atoms with Crippen molar-refractivity contribution >= 4 is 0 Å². The van der Waals surface area contributed by atoms with Crippen LogP contribution in [0.25, 0.3) is 0 Å². The van der Waals surface area contributed by atoms with E-state index < -0.39 is 0 Å². The maximum atomic E-state index is 2.43. The number of hydrogen-bond donors (Lipinski definition) is 0. The van der Waals surface area contributed by atoms with Crippen LogP contribution in [0.1, 0.15) is 567 Å². The average Bonchev–Trinajstić information content (AvgIpc) is 1.61. The summed E-state index contributed by atoms with van der Waals surface area (Å²) < 4.78 is 0. The van der Waals surface area contributed by atoms with Crippen molar-refractivity contribution in [1.82, 2.24) is 0 Å². The quantitative estimate of drug-likeness (QED) is 0.155. The molecule has 5 aliphatic rings. The molecule has 0 bridgehead atoms. The van der Waals surface area contributed by atoms with Crippen molar-refractivity contribution in [1.29, 1.82) is 0 Å². The summed E-state index contributed by atoms with van der Waals surface area (Å²) in [5.41, 5.74) is 22.0. The van der Waals surface area contributed by atoms with Crippen molar-refractivity contribution in [3.63, 3.8) is 0 Å². The van der Waals surface area contributed by atoms with E-state index >= 15 is 0 Å². The zero-order chi connectivity index (χ0) is 111. The average molecular weight is 1940 g/mol. The first-order chi connectivity index (χ1) is 62.6. The van der Waals surface area contributed by atoms with Gasteiger partial charge >= 0.3 is 0 Å². The first-order valence-corrected chi connectivity index (χ1v) is 57.4. The molecule has 0 aromatic heterocycles. The molecule has 8 unspecified atom stereocenters. The van der Waals surface area contributed by atoms with Gasteiger partial charge in [-0.3, -0.25) is 0 Å². The number of allylic oxidation sites excluding steroid dienone is 4. The predicted molar refractivity (Wildman–Crippen MR) is 645 cm³/mol. The molecule has 5 aromatic carbocycles. The van der Waals surface area contributed by atoms with Crippen molar-refractivity contribution < 1.29 is 0 Å². The van der Waals surface area contributed by atoms with Gasteiger partial charge in [-0.1, -0.05) is 567 Å². The van der Waals surface area contributed by atoms with Gasteiger partial charge in [0.2, 0.25) is 0 Å². The Labute approximate surface area is 887 Å². The minimum Gasteiger partial charge on any atom is -0.0879 e. The summed E-state index contributed by atoms with van der Waals surface area (Å²) in [6, 6.07) is 44.8. The highest BCUT2D eigenvalue weighted by atomic mass is 14.5. The lowest BCUT2D eigenvalue weighted by molar-refractivity contribution is 0.0830. The van der Waals surface area contributed by atoms with Crippen molar-refractivity contribution in [2.45, 2.75) is 568 Å². The van der Waals surface area contributed by atoms with Gasteiger partial charge in [0, 0.05) is 0 Å². The van der Waals surface area contributed by atoms with Crippen molar-refractivity contribution in [2.75, 3.05) is 0 Å². The second-order valence-electron chi connectivity index (χ2n) is 67.0. The summed E-state index contributed by atoms with van der Waals surface area (Å²) in [5, 5.41) is 0. The van der Waals surface area contributed by atoms with E-state index in [1.807, 2.05) is 0 Å². The van der Waals surface area contributed by atoms with Crippen LogP contribution in [0.2, 0.25) is 0 Å². The molecular formula is C141H248. The monoisotopic (exact) mass is 1940 g/mol. The second-order valence-corrected chi connectivity index (χ2v) is 67.0. The molecule has 0 N–H and O–H groups in total. The van der Waals surface area contributed by atoms with Gasteiger partial charge in [0.1, 0.15) is 0 Å². The van der Waals surface area contributed by atoms with Gasteiger partial charge < -0.3 is 0 Å². The van der Waals surface area contributed by atoms with Gasteiger partial charge in [-0.2, -0.15) is 0 Å². The molecule has 812 valence electrons. The van der Waals surface area contributed by atoms with Crippen LogP contribution in [0.4, 0.5) is 0 Å². The lowest BCUT2D eigenvalue weighted by Gasteiger charge is -2.42. The lowest BCUT2D eigenvalue weighted by atomic mass is 9.63. The molecule has 0 amide bonds. The van der Waals surface area contributed by atoms with Crippen molar-refractivity contribution in [2.24, 2.45) is 124 Å². The van der Waals surface area contributed by atoms with E-state index in [0.29, 0.717) is 65.0 Å². The van der Waals surface area contributed by atoms with E-state index in [2.05, 4.69) is 561 Å². The molecule has 0 aliphatic heterocycles. The van der Waals surface area contributed by atoms with Crippen LogP contribution in [0, 0.1) is 124 Å². The Bertz CT molecular complexity index is 4050. The summed E-state index contributed by atoms with van der Waals surface area (Å²) in [5.74, 6) is 8.96. The number of rotatable bonds is 2. The molecule has 0 radical (unpaired) electrons. The van der Waals surface area contributed by atoms with Gasteiger partial charge in [0.25, 0.3) is 0 Å². The molecule has 0 heteroatoms. The fraction of sp³-hybridized carbons (Fsp3) is 0.759. The first kappa shape index (κ1) is 135. The molecule has 5 aromatic rings. The summed E-state index contributed by atoms with van der Waals surface area (Å²) >= 11 is 0.